The maximum atomic E-state index is 3.72. The van der Waals surface area contributed by atoms with Crippen LogP contribution in [0.1, 0.15) is 19.8 Å². The lowest BCUT2D eigenvalue weighted by Crippen LogP contribution is -2.25. The van der Waals surface area contributed by atoms with Crippen molar-refractivity contribution >= 4 is 12.4 Å². The van der Waals surface area contributed by atoms with Gasteiger partial charge in [0, 0.05) is 25.5 Å². The van der Waals surface area contributed by atoms with E-state index in [-0.39, 0.29) is 12.4 Å². The van der Waals surface area contributed by atoms with E-state index in [0.29, 0.717) is 0 Å². The van der Waals surface area contributed by atoms with E-state index in [4.69, 9.17) is 0 Å². The molecule has 0 bridgehead atoms. The van der Waals surface area contributed by atoms with Gasteiger partial charge in [-0.1, -0.05) is 19.4 Å². The number of rotatable bonds is 5. The third-order valence-corrected chi connectivity index (χ3v) is 2.01. The van der Waals surface area contributed by atoms with Gasteiger partial charge in [-0.25, -0.2) is 0 Å². The van der Waals surface area contributed by atoms with E-state index in [9.17, 15) is 0 Å². The van der Waals surface area contributed by atoms with Crippen LogP contribution < -0.4 is 0 Å². The topological polar surface area (TPSA) is 6.48 Å². The average Bonchev–Trinajstić information content (AvgIpc) is 2.50. The molecule has 0 saturated carbocycles. The summed E-state index contributed by atoms with van der Waals surface area (Å²) in [6.45, 7) is 9.11. The third-order valence-electron chi connectivity index (χ3n) is 2.01. The van der Waals surface area contributed by atoms with Crippen molar-refractivity contribution in [2.45, 2.75) is 19.8 Å². The minimum Gasteiger partial charge on any atom is -0.359 e. The van der Waals surface area contributed by atoms with Crippen molar-refractivity contribution in [3.63, 3.8) is 0 Å². The van der Waals surface area contributed by atoms with Crippen molar-refractivity contribution in [3.8, 4) is 0 Å². The molecule has 3 heteroatoms. The molecule has 0 aromatic rings. The molecule has 0 amide bonds. The molecule has 1 heterocycles. The molecule has 0 saturated heterocycles. The van der Waals surface area contributed by atoms with Crippen LogP contribution in [0.3, 0.4) is 0 Å². The highest BCUT2D eigenvalue weighted by atomic mass is 35.5. The maximum Gasteiger partial charge on any atom is 0.0896 e. The lowest BCUT2D eigenvalue weighted by atomic mass is 10.3. The third kappa shape index (κ3) is 4.23. The Bertz CT molecular complexity index is 168. The van der Waals surface area contributed by atoms with Crippen molar-refractivity contribution in [2.75, 3.05) is 19.8 Å². The predicted molar refractivity (Wildman–Crippen MR) is 59.8 cm³/mol. The van der Waals surface area contributed by atoms with E-state index in [1.54, 1.807) is 0 Å². The van der Waals surface area contributed by atoms with Crippen LogP contribution in [0.4, 0.5) is 0 Å². The monoisotopic (exact) mass is 202 g/mol. The second-order valence-electron chi connectivity index (χ2n) is 3.17. The lowest BCUT2D eigenvalue weighted by Gasteiger charge is -2.19. The number of nitrogens with zero attached hydrogens (tertiary/aromatic N) is 2. The molecule has 1 aliphatic heterocycles. The Morgan fingerprint density at radius 3 is 2.69 bits per heavy atom. The van der Waals surface area contributed by atoms with Gasteiger partial charge in [-0.3, -0.25) is 0 Å². The van der Waals surface area contributed by atoms with E-state index in [1.165, 1.54) is 19.4 Å². The summed E-state index contributed by atoms with van der Waals surface area (Å²) >= 11 is 0. The molecule has 0 aromatic heterocycles. The summed E-state index contributed by atoms with van der Waals surface area (Å²) in [7, 11) is 0. The molecule has 0 unspecified atom stereocenters. The zero-order valence-electron chi connectivity index (χ0n) is 8.28. The average molecular weight is 203 g/mol. The first-order chi connectivity index (χ1) is 5.86. The van der Waals surface area contributed by atoms with Gasteiger partial charge in [-0.2, -0.15) is 0 Å². The molecule has 76 valence electrons. The van der Waals surface area contributed by atoms with Gasteiger partial charge in [-0.05, 0) is 6.42 Å². The second-order valence-corrected chi connectivity index (χ2v) is 3.17. The Hall–Kier alpha value is -0.630. The fourth-order valence-corrected chi connectivity index (χ4v) is 1.31. The van der Waals surface area contributed by atoms with E-state index in [1.807, 2.05) is 6.08 Å². The Labute approximate surface area is 87.3 Å². The minimum absolute atomic E-state index is 0. The summed E-state index contributed by atoms with van der Waals surface area (Å²) in [5.41, 5.74) is 0. The summed E-state index contributed by atoms with van der Waals surface area (Å²) in [4.78, 5) is 4.59. The van der Waals surface area contributed by atoms with Crippen molar-refractivity contribution in [3.05, 3.63) is 25.1 Å². The summed E-state index contributed by atoms with van der Waals surface area (Å²) in [5, 5.41) is 0. The Balaban J connectivity index is 0.00000144. The van der Waals surface area contributed by atoms with E-state index in [2.05, 4.69) is 35.7 Å². The molecule has 0 aromatic carbocycles. The van der Waals surface area contributed by atoms with Crippen molar-refractivity contribution in [1.82, 2.24) is 9.80 Å². The number of halogens is 1. The smallest absolute Gasteiger partial charge is 0.0896 e. The highest BCUT2D eigenvalue weighted by Gasteiger charge is 2.08. The molecule has 0 fully saturated rings. The molecule has 0 atom stereocenters. The Morgan fingerprint density at radius 1 is 1.38 bits per heavy atom. The summed E-state index contributed by atoms with van der Waals surface area (Å²) in [6, 6.07) is 0. The molecule has 0 N–H and O–H groups in total. The number of hydrogen-bond acceptors (Lipinski definition) is 2. The zero-order chi connectivity index (χ0) is 8.81. The van der Waals surface area contributed by atoms with Gasteiger partial charge in [0.15, 0.2) is 0 Å². The highest BCUT2D eigenvalue weighted by molar-refractivity contribution is 5.85. The van der Waals surface area contributed by atoms with Gasteiger partial charge in [0.25, 0.3) is 0 Å². The fourth-order valence-electron chi connectivity index (χ4n) is 1.31. The molecule has 0 aliphatic carbocycles. The van der Waals surface area contributed by atoms with Crippen LogP contribution in [-0.4, -0.2) is 29.6 Å². The van der Waals surface area contributed by atoms with Crippen LogP contribution in [0.15, 0.2) is 25.1 Å². The largest absolute Gasteiger partial charge is 0.359 e. The van der Waals surface area contributed by atoms with Gasteiger partial charge in [0.05, 0.1) is 6.67 Å². The minimum atomic E-state index is 0. The number of unbranched alkanes of at least 4 members (excludes halogenated alkanes) is 1. The first-order valence-corrected chi connectivity index (χ1v) is 4.64. The predicted octanol–water partition coefficient (Wildman–Crippen LogP) is 2.44. The van der Waals surface area contributed by atoms with E-state index >= 15 is 0 Å². The van der Waals surface area contributed by atoms with Crippen LogP contribution in [0.25, 0.3) is 0 Å². The lowest BCUT2D eigenvalue weighted by molar-refractivity contribution is 0.278. The standard InChI is InChI=1S/C10H18N2.ClH/c1-3-5-7-12-9-8-11(10-12)6-4-2;/h4,8-9H,2-3,5-7,10H2,1H3;1H. The van der Waals surface area contributed by atoms with Crippen LogP contribution in [0.5, 0.6) is 0 Å². The molecular weight excluding hydrogens is 184 g/mol. The molecular formula is C10H19ClN2. The zero-order valence-corrected chi connectivity index (χ0v) is 9.09. The van der Waals surface area contributed by atoms with E-state index in [0.717, 1.165) is 13.2 Å². The Kier molecular flexibility index (Phi) is 6.51. The van der Waals surface area contributed by atoms with Crippen LogP contribution in [0.2, 0.25) is 0 Å². The maximum absolute atomic E-state index is 3.72. The fraction of sp³-hybridized carbons (Fsp3) is 0.600. The van der Waals surface area contributed by atoms with Gasteiger partial charge >= 0.3 is 0 Å². The van der Waals surface area contributed by atoms with E-state index < -0.39 is 0 Å². The SMILES string of the molecule is C=CCN1C=CN(CCCC)C1.Cl. The summed E-state index contributed by atoms with van der Waals surface area (Å²) < 4.78 is 0. The van der Waals surface area contributed by atoms with Crippen molar-refractivity contribution in [1.29, 1.82) is 0 Å². The van der Waals surface area contributed by atoms with Gasteiger partial charge < -0.3 is 9.80 Å². The summed E-state index contributed by atoms with van der Waals surface area (Å²) in [5.74, 6) is 0. The summed E-state index contributed by atoms with van der Waals surface area (Å²) in [6.07, 6.45) is 8.79. The van der Waals surface area contributed by atoms with Crippen LogP contribution in [0, 0.1) is 0 Å². The Morgan fingerprint density at radius 2 is 2.08 bits per heavy atom. The molecule has 1 aliphatic rings. The van der Waals surface area contributed by atoms with Crippen LogP contribution >= 0.6 is 12.4 Å². The van der Waals surface area contributed by atoms with Gasteiger partial charge in [-0.15, -0.1) is 19.0 Å². The van der Waals surface area contributed by atoms with Crippen molar-refractivity contribution in [2.24, 2.45) is 0 Å². The second kappa shape index (κ2) is 6.84. The first kappa shape index (κ1) is 12.4. The number of hydrogen-bond donors (Lipinski definition) is 0. The molecule has 0 radical (unpaired) electrons. The van der Waals surface area contributed by atoms with Crippen LogP contribution in [-0.2, 0) is 0 Å². The molecule has 13 heavy (non-hydrogen) atoms. The van der Waals surface area contributed by atoms with Gasteiger partial charge in [0.2, 0.25) is 0 Å². The van der Waals surface area contributed by atoms with Gasteiger partial charge in [0.1, 0.15) is 0 Å². The normalized spacial score (nSPS) is 14.5. The highest BCUT2D eigenvalue weighted by Crippen LogP contribution is 2.06. The first-order valence-electron chi connectivity index (χ1n) is 4.64. The molecule has 0 spiro atoms. The quantitative estimate of drug-likeness (QED) is 0.632. The molecule has 1 rings (SSSR count). The molecule has 2 nitrogen and oxygen atoms in total. The van der Waals surface area contributed by atoms with Crippen molar-refractivity contribution < 1.29 is 0 Å².